The SMILES string of the molecule is COCCNCC1CCCN(S(=O)(=O)N(C)C(C)C)C1. The van der Waals surface area contributed by atoms with Gasteiger partial charge in [0.1, 0.15) is 0 Å². The molecule has 0 saturated carbocycles. The molecule has 0 aromatic rings. The van der Waals surface area contributed by atoms with Crippen molar-refractivity contribution in [3.63, 3.8) is 0 Å². The standard InChI is InChI=1S/C13H29N3O3S/c1-12(2)15(3)20(17,18)16-8-5-6-13(11-16)10-14-7-9-19-4/h12-14H,5-11H2,1-4H3. The van der Waals surface area contributed by atoms with Gasteiger partial charge in [0, 0.05) is 39.8 Å². The molecule has 1 fully saturated rings. The number of methoxy groups -OCH3 is 1. The molecule has 0 aromatic carbocycles. The lowest BCUT2D eigenvalue weighted by Gasteiger charge is -2.35. The Hall–Kier alpha value is -0.210. The molecular weight excluding hydrogens is 278 g/mol. The summed E-state index contributed by atoms with van der Waals surface area (Å²) in [5, 5.41) is 3.32. The third-order valence-corrected chi connectivity index (χ3v) is 5.95. The highest BCUT2D eigenvalue weighted by atomic mass is 32.2. The molecule has 120 valence electrons. The molecule has 7 heteroatoms. The number of nitrogens with one attached hydrogen (secondary N) is 1. The number of hydrogen-bond donors (Lipinski definition) is 1. The molecule has 0 radical (unpaired) electrons. The van der Waals surface area contributed by atoms with Crippen LogP contribution in [-0.2, 0) is 14.9 Å². The number of piperidine rings is 1. The molecule has 1 saturated heterocycles. The van der Waals surface area contributed by atoms with Crippen molar-refractivity contribution in [3.05, 3.63) is 0 Å². The average molecular weight is 307 g/mol. The van der Waals surface area contributed by atoms with E-state index in [1.165, 1.54) is 4.31 Å². The van der Waals surface area contributed by atoms with Gasteiger partial charge in [0.2, 0.25) is 0 Å². The molecule has 6 nitrogen and oxygen atoms in total. The third-order valence-electron chi connectivity index (χ3n) is 3.82. The maximum atomic E-state index is 12.5. The molecule has 0 amide bonds. The van der Waals surface area contributed by atoms with Gasteiger partial charge in [-0.3, -0.25) is 0 Å². The van der Waals surface area contributed by atoms with Gasteiger partial charge in [-0.1, -0.05) is 0 Å². The number of ether oxygens (including phenoxy) is 1. The van der Waals surface area contributed by atoms with Crippen molar-refractivity contribution < 1.29 is 13.2 Å². The Labute approximate surface area is 123 Å². The Morgan fingerprint density at radius 3 is 2.75 bits per heavy atom. The van der Waals surface area contributed by atoms with Crippen LogP contribution in [0.2, 0.25) is 0 Å². The zero-order valence-electron chi connectivity index (χ0n) is 13.1. The van der Waals surface area contributed by atoms with E-state index in [9.17, 15) is 8.42 Å². The van der Waals surface area contributed by atoms with Crippen LogP contribution in [0.3, 0.4) is 0 Å². The van der Waals surface area contributed by atoms with Crippen molar-refractivity contribution >= 4 is 10.2 Å². The Kier molecular flexibility index (Phi) is 7.39. The zero-order valence-corrected chi connectivity index (χ0v) is 13.9. The second-order valence-corrected chi connectivity index (χ2v) is 7.67. The Morgan fingerprint density at radius 1 is 1.45 bits per heavy atom. The quantitative estimate of drug-likeness (QED) is 0.664. The highest BCUT2D eigenvalue weighted by Gasteiger charge is 2.32. The molecule has 1 aliphatic heterocycles. The van der Waals surface area contributed by atoms with Crippen LogP contribution in [0, 0.1) is 5.92 Å². The van der Waals surface area contributed by atoms with Crippen LogP contribution in [0.1, 0.15) is 26.7 Å². The predicted molar refractivity (Wildman–Crippen MR) is 80.9 cm³/mol. The van der Waals surface area contributed by atoms with Gasteiger partial charge in [0.05, 0.1) is 6.61 Å². The first-order valence-corrected chi connectivity index (χ1v) is 8.72. The Bertz CT molecular complexity index is 373. The van der Waals surface area contributed by atoms with E-state index in [4.69, 9.17) is 4.74 Å². The number of rotatable bonds is 8. The van der Waals surface area contributed by atoms with Gasteiger partial charge in [-0.15, -0.1) is 0 Å². The first kappa shape index (κ1) is 17.8. The summed E-state index contributed by atoms with van der Waals surface area (Å²) < 4.78 is 33.0. The first-order chi connectivity index (χ1) is 9.39. The second kappa shape index (κ2) is 8.29. The minimum Gasteiger partial charge on any atom is -0.383 e. The number of hydrogen-bond acceptors (Lipinski definition) is 4. The molecule has 0 spiro atoms. The van der Waals surface area contributed by atoms with Crippen molar-refractivity contribution in [2.45, 2.75) is 32.7 Å². The van der Waals surface area contributed by atoms with Crippen molar-refractivity contribution in [1.29, 1.82) is 0 Å². The van der Waals surface area contributed by atoms with Gasteiger partial charge < -0.3 is 10.1 Å². The van der Waals surface area contributed by atoms with Crippen molar-refractivity contribution in [2.24, 2.45) is 5.92 Å². The molecule has 0 aromatic heterocycles. The van der Waals surface area contributed by atoms with Crippen molar-refractivity contribution in [2.75, 3.05) is 46.9 Å². The van der Waals surface area contributed by atoms with Crippen LogP contribution >= 0.6 is 0 Å². The van der Waals surface area contributed by atoms with Crippen molar-refractivity contribution in [1.82, 2.24) is 13.9 Å². The van der Waals surface area contributed by atoms with Crippen LogP contribution in [0.25, 0.3) is 0 Å². The van der Waals surface area contributed by atoms with E-state index in [0.29, 0.717) is 25.6 Å². The lowest BCUT2D eigenvalue weighted by molar-refractivity contribution is 0.192. The highest BCUT2D eigenvalue weighted by molar-refractivity contribution is 7.86. The molecule has 0 aliphatic carbocycles. The predicted octanol–water partition coefficient (Wildman–Crippen LogP) is 0.519. The smallest absolute Gasteiger partial charge is 0.281 e. The summed E-state index contributed by atoms with van der Waals surface area (Å²) in [6.07, 6.45) is 2.01. The third kappa shape index (κ3) is 4.96. The van der Waals surface area contributed by atoms with Crippen LogP contribution in [0.5, 0.6) is 0 Å². The normalized spacial score (nSPS) is 21.8. The second-order valence-electron chi connectivity index (χ2n) is 5.68. The highest BCUT2D eigenvalue weighted by Crippen LogP contribution is 2.21. The summed E-state index contributed by atoms with van der Waals surface area (Å²) in [7, 11) is 0.0169. The van der Waals surface area contributed by atoms with E-state index in [1.54, 1.807) is 18.5 Å². The van der Waals surface area contributed by atoms with Gasteiger partial charge >= 0.3 is 0 Å². The van der Waals surface area contributed by atoms with Crippen LogP contribution < -0.4 is 5.32 Å². The Morgan fingerprint density at radius 2 is 2.15 bits per heavy atom. The topological polar surface area (TPSA) is 61.9 Å². The van der Waals surface area contributed by atoms with Gasteiger partial charge in [0.15, 0.2) is 0 Å². The summed E-state index contributed by atoms with van der Waals surface area (Å²) in [6, 6.07) is -0.0137. The summed E-state index contributed by atoms with van der Waals surface area (Å²) in [5.74, 6) is 0.385. The fourth-order valence-electron chi connectivity index (χ4n) is 2.33. The average Bonchev–Trinajstić information content (AvgIpc) is 2.43. The van der Waals surface area contributed by atoms with E-state index in [1.807, 2.05) is 13.8 Å². The molecule has 1 atom stereocenters. The van der Waals surface area contributed by atoms with Gasteiger partial charge in [0.25, 0.3) is 10.2 Å². The molecule has 20 heavy (non-hydrogen) atoms. The fourth-order valence-corrected chi connectivity index (χ4v) is 3.99. The molecule has 1 N–H and O–H groups in total. The maximum absolute atomic E-state index is 12.5. The summed E-state index contributed by atoms with van der Waals surface area (Å²) in [6.45, 7) is 7.38. The minimum absolute atomic E-state index is 0.0137. The molecule has 0 bridgehead atoms. The molecule has 1 rings (SSSR count). The van der Waals surface area contributed by atoms with Gasteiger partial charge in [-0.05, 0) is 39.2 Å². The van der Waals surface area contributed by atoms with E-state index >= 15 is 0 Å². The largest absolute Gasteiger partial charge is 0.383 e. The molecule has 1 aliphatic rings. The van der Waals surface area contributed by atoms with Gasteiger partial charge in [-0.2, -0.15) is 17.0 Å². The summed E-state index contributed by atoms with van der Waals surface area (Å²) >= 11 is 0. The monoisotopic (exact) mass is 307 g/mol. The summed E-state index contributed by atoms with van der Waals surface area (Å²) in [4.78, 5) is 0. The lowest BCUT2D eigenvalue weighted by Crippen LogP contribution is -2.49. The first-order valence-electron chi connectivity index (χ1n) is 7.32. The minimum atomic E-state index is -3.32. The maximum Gasteiger partial charge on any atom is 0.281 e. The van der Waals surface area contributed by atoms with E-state index < -0.39 is 10.2 Å². The molecular formula is C13H29N3O3S. The zero-order chi connectivity index (χ0) is 15.2. The van der Waals surface area contributed by atoms with E-state index in [-0.39, 0.29) is 6.04 Å². The van der Waals surface area contributed by atoms with E-state index in [2.05, 4.69) is 5.32 Å². The van der Waals surface area contributed by atoms with Crippen LogP contribution in [0.15, 0.2) is 0 Å². The van der Waals surface area contributed by atoms with E-state index in [0.717, 1.165) is 25.9 Å². The van der Waals surface area contributed by atoms with Gasteiger partial charge in [-0.25, -0.2) is 0 Å². The molecule has 1 unspecified atom stereocenters. The fraction of sp³-hybridized carbons (Fsp3) is 1.00. The summed E-state index contributed by atoms with van der Waals surface area (Å²) in [5.41, 5.74) is 0. The van der Waals surface area contributed by atoms with Crippen LogP contribution in [0.4, 0.5) is 0 Å². The van der Waals surface area contributed by atoms with Crippen molar-refractivity contribution in [3.8, 4) is 0 Å². The van der Waals surface area contributed by atoms with Crippen LogP contribution in [-0.4, -0.2) is 70.0 Å². The number of nitrogens with zero attached hydrogens (tertiary/aromatic N) is 2. The lowest BCUT2D eigenvalue weighted by atomic mass is 10.00. The Balaban J connectivity index is 2.51. The molecule has 1 heterocycles.